The van der Waals surface area contributed by atoms with Crippen LogP contribution in [0.1, 0.15) is 62.5 Å². The molecule has 0 aliphatic rings. The monoisotopic (exact) mass is 635 g/mol. The minimum Gasteiger partial charge on any atom is -0.423 e. The number of rotatable bonds is 12. The lowest BCUT2D eigenvalue weighted by Gasteiger charge is -2.31. The second kappa shape index (κ2) is 15.1. The predicted molar refractivity (Wildman–Crippen MR) is 170 cm³/mol. The minimum atomic E-state index is -0.787. The molecule has 0 aromatic heterocycles. The van der Waals surface area contributed by atoms with Gasteiger partial charge in [-0.3, -0.25) is 14.5 Å². The van der Waals surface area contributed by atoms with Gasteiger partial charge in [0, 0.05) is 23.0 Å². The van der Waals surface area contributed by atoms with Crippen LogP contribution in [0.25, 0.3) is 0 Å². The van der Waals surface area contributed by atoms with Gasteiger partial charge in [-0.1, -0.05) is 72.2 Å². The minimum absolute atomic E-state index is 0.189. The number of hydrogen-bond donors (Lipinski definition) is 2. The molecular formula is C34H42BrN3O4. The standard InChI is InChI=1S/C34H42BrN3O4/c1-23(2)20-30(38(6)22-25-12-16-27(35)17-13-25)32(40)36-29(31(39)37-34(3,4)5)21-24-14-18-28(19-15-24)42-33(41)26-10-8-7-9-11-26/h7-19,23,29-30H,20-22H2,1-6H3,(H,36,40)(H,37,39)/t29-,30-/m0/s1. The highest BCUT2D eigenvalue weighted by Gasteiger charge is 2.30. The first kappa shape index (κ1) is 33.0. The highest BCUT2D eigenvalue weighted by molar-refractivity contribution is 9.10. The molecule has 3 aromatic rings. The topological polar surface area (TPSA) is 87.7 Å². The summed E-state index contributed by atoms with van der Waals surface area (Å²) in [6.45, 7) is 10.5. The molecule has 0 spiro atoms. The van der Waals surface area contributed by atoms with Crippen LogP contribution in [-0.2, 0) is 22.6 Å². The fraction of sp³-hybridized carbons (Fsp3) is 0.382. The lowest BCUT2D eigenvalue weighted by Crippen LogP contribution is -2.56. The number of carbonyl (C=O) groups is 3. The summed E-state index contributed by atoms with van der Waals surface area (Å²) >= 11 is 3.47. The number of esters is 1. The number of benzene rings is 3. The molecule has 7 nitrogen and oxygen atoms in total. The maximum absolute atomic E-state index is 13.7. The molecule has 0 bridgehead atoms. The van der Waals surface area contributed by atoms with Crippen molar-refractivity contribution >= 4 is 33.7 Å². The van der Waals surface area contributed by atoms with Crippen LogP contribution < -0.4 is 15.4 Å². The molecule has 0 saturated heterocycles. The Labute approximate surface area is 258 Å². The fourth-order valence-electron chi connectivity index (χ4n) is 4.53. The van der Waals surface area contributed by atoms with Crippen LogP contribution in [0.4, 0.5) is 0 Å². The summed E-state index contributed by atoms with van der Waals surface area (Å²) in [5, 5.41) is 6.07. The Kier molecular flexibility index (Phi) is 11.9. The third kappa shape index (κ3) is 10.7. The van der Waals surface area contributed by atoms with Gasteiger partial charge in [0.2, 0.25) is 11.8 Å². The van der Waals surface area contributed by atoms with E-state index in [-0.39, 0.29) is 24.2 Å². The smallest absolute Gasteiger partial charge is 0.343 e. The Bertz CT molecular complexity index is 1320. The number of carbonyl (C=O) groups excluding carboxylic acids is 3. The van der Waals surface area contributed by atoms with E-state index in [4.69, 9.17) is 4.74 Å². The maximum atomic E-state index is 13.7. The lowest BCUT2D eigenvalue weighted by atomic mass is 9.99. The van der Waals surface area contributed by atoms with Crippen LogP contribution in [0.15, 0.2) is 83.3 Å². The molecule has 3 rings (SSSR count). The van der Waals surface area contributed by atoms with Crippen LogP contribution in [-0.4, -0.2) is 47.4 Å². The molecule has 0 aliphatic carbocycles. The zero-order valence-electron chi connectivity index (χ0n) is 25.3. The van der Waals surface area contributed by atoms with E-state index < -0.39 is 23.6 Å². The molecule has 2 atom stereocenters. The van der Waals surface area contributed by atoms with Crippen molar-refractivity contribution in [1.82, 2.24) is 15.5 Å². The quantitative estimate of drug-likeness (QED) is 0.184. The maximum Gasteiger partial charge on any atom is 0.343 e. The Morgan fingerprint density at radius 1 is 0.857 bits per heavy atom. The predicted octanol–water partition coefficient (Wildman–Crippen LogP) is 6.16. The van der Waals surface area contributed by atoms with Gasteiger partial charge in [-0.2, -0.15) is 0 Å². The van der Waals surface area contributed by atoms with E-state index in [1.807, 2.05) is 75.2 Å². The van der Waals surface area contributed by atoms with Crippen LogP contribution in [0, 0.1) is 5.92 Å². The summed E-state index contributed by atoms with van der Waals surface area (Å²) in [7, 11) is 1.94. The van der Waals surface area contributed by atoms with Gasteiger partial charge in [-0.15, -0.1) is 0 Å². The molecule has 8 heteroatoms. The van der Waals surface area contributed by atoms with Gasteiger partial charge in [0.1, 0.15) is 11.8 Å². The molecule has 3 aromatic carbocycles. The van der Waals surface area contributed by atoms with E-state index in [1.54, 1.807) is 36.4 Å². The third-order valence-electron chi connectivity index (χ3n) is 6.59. The molecule has 224 valence electrons. The highest BCUT2D eigenvalue weighted by atomic mass is 79.9. The van der Waals surface area contributed by atoms with E-state index >= 15 is 0 Å². The molecule has 0 unspecified atom stereocenters. The first-order chi connectivity index (χ1) is 19.8. The Balaban J connectivity index is 1.76. The third-order valence-corrected chi connectivity index (χ3v) is 7.12. The normalized spacial score (nSPS) is 13.0. The van der Waals surface area contributed by atoms with Crippen molar-refractivity contribution in [3.63, 3.8) is 0 Å². The molecule has 0 heterocycles. The van der Waals surface area contributed by atoms with Crippen molar-refractivity contribution in [2.45, 2.75) is 71.6 Å². The van der Waals surface area contributed by atoms with Crippen LogP contribution in [0.3, 0.4) is 0 Å². The number of halogens is 1. The number of nitrogens with one attached hydrogen (secondary N) is 2. The van der Waals surface area contributed by atoms with Gasteiger partial charge >= 0.3 is 5.97 Å². The Morgan fingerprint density at radius 2 is 1.45 bits per heavy atom. The van der Waals surface area contributed by atoms with E-state index in [0.717, 1.165) is 15.6 Å². The molecule has 2 N–H and O–H groups in total. The van der Waals surface area contributed by atoms with Gasteiger partial charge in [0.05, 0.1) is 11.6 Å². The molecule has 42 heavy (non-hydrogen) atoms. The zero-order valence-corrected chi connectivity index (χ0v) is 26.9. The van der Waals surface area contributed by atoms with Crippen molar-refractivity contribution < 1.29 is 19.1 Å². The number of amides is 2. The Hall–Kier alpha value is -3.49. The van der Waals surface area contributed by atoms with E-state index in [2.05, 4.69) is 40.4 Å². The summed E-state index contributed by atoms with van der Waals surface area (Å²) in [4.78, 5) is 41.6. The van der Waals surface area contributed by atoms with Crippen molar-refractivity contribution in [2.75, 3.05) is 7.05 Å². The van der Waals surface area contributed by atoms with Gasteiger partial charge in [-0.05, 0) is 87.7 Å². The van der Waals surface area contributed by atoms with Crippen molar-refractivity contribution in [1.29, 1.82) is 0 Å². The molecule has 0 saturated carbocycles. The lowest BCUT2D eigenvalue weighted by molar-refractivity contribution is -0.132. The average Bonchev–Trinajstić information content (AvgIpc) is 2.93. The zero-order chi connectivity index (χ0) is 30.9. The number of hydrogen-bond acceptors (Lipinski definition) is 5. The fourth-order valence-corrected chi connectivity index (χ4v) is 4.79. The van der Waals surface area contributed by atoms with Gasteiger partial charge < -0.3 is 15.4 Å². The SMILES string of the molecule is CC(C)C[C@@H](C(=O)N[C@@H](Cc1ccc(OC(=O)c2ccccc2)cc1)C(=O)NC(C)(C)C)N(C)Cc1ccc(Br)cc1. The summed E-state index contributed by atoms with van der Waals surface area (Å²) in [5.41, 5.74) is 1.92. The van der Waals surface area contributed by atoms with E-state index in [1.165, 1.54) is 0 Å². The molecule has 2 amide bonds. The van der Waals surface area contributed by atoms with Crippen molar-refractivity contribution in [3.05, 3.63) is 100 Å². The van der Waals surface area contributed by atoms with Crippen LogP contribution >= 0.6 is 15.9 Å². The van der Waals surface area contributed by atoms with Crippen molar-refractivity contribution in [3.8, 4) is 5.75 Å². The number of nitrogens with zero attached hydrogens (tertiary/aromatic N) is 1. The number of likely N-dealkylation sites (N-methyl/N-ethyl adjacent to an activating group) is 1. The second-order valence-electron chi connectivity index (χ2n) is 12.1. The summed E-state index contributed by atoms with van der Waals surface area (Å²) < 4.78 is 6.49. The summed E-state index contributed by atoms with van der Waals surface area (Å²) in [6, 6.07) is 22.6. The molecular weight excluding hydrogens is 594 g/mol. The largest absolute Gasteiger partial charge is 0.423 e. The van der Waals surface area contributed by atoms with E-state index in [0.29, 0.717) is 24.3 Å². The van der Waals surface area contributed by atoms with Crippen LogP contribution in [0.5, 0.6) is 5.75 Å². The molecule has 0 radical (unpaired) electrons. The highest BCUT2D eigenvalue weighted by Crippen LogP contribution is 2.19. The van der Waals surface area contributed by atoms with Gasteiger partial charge in [0.15, 0.2) is 0 Å². The molecule has 0 fully saturated rings. The van der Waals surface area contributed by atoms with Gasteiger partial charge in [0.25, 0.3) is 0 Å². The molecule has 0 aliphatic heterocycles. The van der Waals surface area contributed by atoms with Crippen LogP contribution in [0.2, 0.25) is 0 Å². The average molecular weight is 637 g/mol. The van der Waals surface area contributed by atoms with Gasteiger partial charge in [-0.25, -0.2) is 4.79 Å². The first-order valence-corrected chi connectivity index (χ1v) is 15.0. The summed E-state index contributed by atoms with van der Waals surface area (Å²) in [5.74, 6) is -0.207. The van der Waals surface area contributed by atoms with Crippen molar-refractivity contribution in [2.24, 2.45) is 5.92 Å². The number of ether oxygens (including phenoxy) is 1. The second-order valence-corrected chi connectivity index (χ2v) is 13.0. The Morgan fingerprint density at radius 3 is 2.02 bits per heavy atom. The summed E-state index contributed by atoms with van der Waals surface area (Å²) in [6.07, 6.45) is 0.930. The van der Waals surface area contributed by atoms with E-state index in [9.17, 15) is 14.4 Å². The first-order valence-electron chi connectivity index (χ1n) is 14.2.